The van der Waals surface area contributed by atoms with Gasteiger partial charge in [-0.3, -0.25) is 0 Å². The van der Waals surface area contributed by atoms with E-state index in [-0.39, 0.29) is 6.03 Å². The molecule has 3 aliphatic carbocycles. The normalized spacial score (nSPS) is 31.1. The van der Waals surface area contributed by atoms with Gasteiger partial charge in [-0.05, 0) is 49.1 Å². The molecule has 0 aliphatic heterocycles. The van der Waals surface area contributed by atoms with Crippen LogP contribution in [-0.4, -0.2) is 18.6 Å². The summed E-state index contributed by atoms with van der Waals surface area (Å²) in [5.74, 6) is 0.640. The molecule has 3 nitrogen and oxygen atoms in total. The van der Waals surface area contributed by atoms with E-state index in [1.807, 2.05) is 0 Å². The van der Waals surface area contributed by atoms with Crippen molar-refractivity contribution in [3.05, 3.63) is 35.4 Å². The Kier molecular flexibility index (Phi) is 2.38. The smallest absolute Gasteiger partial charge is 0.315 e. The largest absolute Gasteiger partial charge is 0.338 e. The summed E-state index contributed by atoms with van der Waals surface area (Å²) in [6.45, 7) is 0.826. The lowest BCUT2D eigenvalue weighted by Gasteiger charge is -2.12. The molecule has 0 radical (unpaired) electrons. The van der Waals surface area contributed by atoms with Gasteiger partial charge in [-0.1, -0.05) is 24.3 Å². The number of urea groups is 1. The molecule has 3 aliphatic rings. The first kappa shape index (κ1) is 11.3. The highest BCUT2D eigenvalue weighted by Crippen LogP contribution is 2.61. The quantitative estimate of drug-likeness (QED) is 0.856. The minimum atomic E-state index is 0.0239. The topological polar surface area (TPSA) is 41.1 Å². The van der Waals surface area contributed by atoms with Gasteiger partial charge in [0.05, 0.1) is 0 Å². The van der Waals surface area contributed by atoms with Crippen LogP contribution in [0.4, 0.5) is 4.79 Å². The van der Waals surface area contributed by atoms with Crippen LogP contribution in [0.1, 0.15) is 36.8 Å². The van der Waals surface area contributed by atoms with Crippen molar-refractivity contribution in [2.75, 3.05) is 6.54 Å². The number of carbonyl (C=O) groups excluding carboxylic acids is 1. The van der Waals surface area contributed by atoms with E-state index in [2.05, 4.69) is 34.9 Å². The van der Waals surface area contributed by atoms with Crippen LogP contribution in [0.2, 0.25) is 0 Å². The predicted octanol–water partition coefficient (Wildman–Crippen LogP) is 2.35. The van der Waals surface area contributed by atoms with E-state index in [4.69, 9.17) is 0 Å². The Morgan fingerprint density at radius 3 is 3.00 bits per heavy atom. The maximum Gasteiger partial charge on any atom is 0.315 e. The Hall–Kier alpha value is -1.51. The molecule has 19 heavy (non-hydrogen) atoms. The van der Waals surface area contributed by atoms with Crippen LogP contribution in [0.3, 0.4) is 0 Å². The molecular formula is C16H20N2O. The van der Waals surface area contributed by atoms with E-state index in [9.17, 15) is 4.79 Å². The Balaban J connectivity index is 1.37. The fraction of sp³-hybridized carbons (Fsp3) is 0.562. The minimum Gasteiger partial charge on any atom is -0.338 e. The van der Waals surface area contributed by atoms with E-state index < -0.39 is 0 Å². The fourth-order valence-electron chi connectivity index (χ4n) is 3.68. The van der Waals surface area contributed by atoms with Gasteiger partial charge in [0.2, 0.25) is 0 Å². The molecule has 2 atom stereocenters. The second kappa shape index (κ2) is 3.99. The highest BCUT2D eigenvalue weighted by molar-refractivity contribution is 5.74. The van der Waals surface area contributed by atoms with Gasteiger partial charge >= 0.3 is 6.03 Å². The molecule has 0 bridgehead atoms. The van der Waals surface area contributed by atoms with Crippen molar-refractivity contribution in [2.45, 2.75) is 43.6 Å². The first-order chi connectivity index (χ1) is 9.28. The summed E-state index contributed by atoms with van der Waals surface area (Å²) in [6.07, 6.45) is 6.01. The second-order valence-electron chi connectivity index (χ2n) is 6.34. The van der Waals surface area contributed by atoms with Gasteiger partial charge in [-0.15, -0.1) is 0 Å². The summed E-state index contributed by atoms with van der Waals surface area (Å²) < 4.78 is 0. The molecule has 2 fully saturated rings. The Labute approximate surface area is 113 Å². The molecule has 0 saturated heterocycles. The summed E-state index contributed by atoms with van der Waals surface area (Å²) in [4.78, 5) is 11.7. The zero-order chi connectivity index (χ0) is 12.9. The van der Waals surface area contributed by atoms with E-state index in [0.717, 1.165) is 19.4 Å². The Bertz CT molecular complexity index is 523. The molecule has 1 spiro atoms. The average Bonchev–Trinajstić information content (AvgIpc) is 3.30. The molecule has 100 valence electrons. The van der Waals surface area contributed by atoms with Gasteiger partial charge in [0.25, 0.3) is 0 Å². The molecule has 0 heterocycles. The number of fused-ring (bicyclic) bond motifs is 2. The summed E-state index contributed by atoms with van der Waals surface area (Å²) >= 11 is 0. The number of nitrogens with one attached hydrogen (secondary N) is 2. The highest BCUT2D eigenvalue weighted by Gasteiger charge is 2.57. The van der Waals surface area contributed by atoms with Crippen LogP contribution < -0.4 is 10.6 Å². The standard InChI is InChI=1S/C16H20N2O/c19-15(18-13-5-6-13)17-10-12-9-16(12)8-7-11-3-1-2-4-14(11)16/h1-4,12-13H,5-10H2,(H2,17,18,19). The van der Waals surface area contributed by atoms with E-state index in [0.29, 0.717) is 17.4 Å². The fourth-order valence-corrected chi connectivity index (χ4v) is 3.68. The number of benzene rings is 1. The van der Waals surface area contributed by atoms with E-state index in [1.54, 1.807) is 5.56 Å². The number of hydrogen-bond acceptors (Lipinski definition) is 1. The molecule has 3 heteroatoms. The SMILES string of the molecule is O=C(NCC1CC12CCc1ccccc12)NC1CC1. The molecule has 1 aromatic carbocycles. The molecule has 4 rings (SSSR count). The first-order valence-corrected chi connectivity index (χ1v) is 7.41. The minimum absolute atomic E-state index is 0.0239. The summed E-state index contributed by atoms with van der Waals surface area (Å²) in [6, 6.07) is 9.29. The third-order valence-corrected chi connectivity index (χ3v) is 5.05. The van der Waals surface area contributed by atoms with Crippen molar-refractivity contribution in [1.82, 2.24) is 10.6 Å². The number of hydrogen-bond donors (Lipinski definition) is 2. The Morgan fingerprint density at radius 1 is 1.32 bits per heavy atom. The second-order valence-corrected chi connectivity index (χ2v) is 6.34. The number of carbonyl (C=O) groups is 1. The van der Waals surface area contributed by atoms with Crippen molar-refractivity contribution in [1.29, 1.82) is 0 Å². The molecule has 2 saturated carbocycles. The van der Waals surface area contributed by atoms with Gasteiger partial charge < -0.3 is 10.6 Å². The zero-order valence-corrected chi connectivity index (χ0v) is 11.1. The van der Waals surface area contributed by atoms with Crippen LogP contribution in [0.5, 0.6) is 0 Å². The average molecular weight is 256 g/mol. The van der Waals surface area contributed by atoms with Gasteiger partial charge in [-0.2, -0.15) is 0 Å². The van der Waals surface area contributed by atoms with Gasteiger partial charge in [0.15, 0.2) is 0 Å². The number of aryl methyl sites for hydroxylation is 1. The van der Waals surface area contributed by atoms with Crippen molar-refractivity contribution in [3.63, 3.8) is 0 Å². The lowest BCUT2D eigenvalue weighted by Crippen LogP contribution is -2.38. The highest BCUT2D eigenvalue weighted by atomic mass is 16.2. The molecule has 2 amide bonds. The zero-order valence-electron chi connectivity index (χ0n) is 11.1. The van der Waals surface area contributed by atoms with Crippen LogP contribution in [-0.2, 0) is 11.8 Å². The summed E-state index contributed by atoms with van der Waals surface area (Å²) in [7, 11) is 0. The number of amides is 2. The lowest BCUT2D eigenvalue weighted by atomic mass is 9.95. The predicted molar refractivity (Wildman–Crippen MR) is 74.1 cm³/mol. The maximum atomic E-state index is 11.7. The van der Waals surface area contributed by atoms with Gasteiger partial charge in [-0.25, -0.2) is 4.79 Å². The van der Waals surface area contributed by atoms with Crippen LogP contribution >= 0.6 is 0 Å². The molecule has 2 unspecified atom stereocenters. The van der Waals surface area contributed by atoms with Crippen molar-refractivity contribution in [3.8, 4) is 0 Å². The van der Waals surface area contributed by atoms with Crippen molar-refractivity contribution in [2.24, 2.45) is 5.92 Å². The summed E-state index contributed by atoms with van der Waals surface area (Å²) in [5, 5.41) is 6.03. The van der Waals surface area contributed by atoms with Crippen molar-refractivity contribution < 1.29 is 4.79 Å². The molecular weight excluding hydrogens is 236 g/mol. The maximum absolute atomic E-state index is 11.7. The van der Waals surface area contributed by atoms with Gasteiger partial charge in [0, 0.05) is 18.0 Å². The lowest BCUT2D eigenvalue weighted by molar-refractivity contribution is 0.239. The Morgan fingerprint density at radius 2 is 2.16 bits per heavy atom. The van der Waals surface area contributed by atoms with Crippen LogP contribution in [0.25, 0.3) is 0 Å². The summed E-state index contributed by atoms with van der Waals surface area (Å²) in [5.41, 5.74) is 3.46. The van der Waals surface area contributed by atoms with Crippen LogP contribution in [0.15, 0.2) is 24.3 Å². The monoisotopic (exact) mass is 256 g/mol. The van der Waals surface area contributed by atoms with Crippen LogP contribution in [0, 0.1) is 5.92 Å². The molecule has 1 aromatic rings. The molecule has 0 aromatic heterocycles. The van der Waals surface area contributed by atoms with Gasteiger partial charge in [0.1, 0.15) is 0 Å². The number of rotatable bonds is 3. The van der Waals surface area contributed by atoms with E-state index in [1.165, 1.54) is 24.8 Å². The molecule has 2 N–H and O–H groups in total. The first-order valence-electron chi connectivity index (χ1n) is 7.41. The van der Waals surface area contributed by atoms with Crippen molar-refractivity contribution >= 4 is 6.03 Å². The van der Waals surface area contributed by atoms with E-state index >= 15 is 0 Å². The third-order valence-electron chi connectivity index (χ3n) is 5.05. The third kappa shape index (κ3) is 1.92.